The summed E-state index contributed by atoms with van der Waals surface area (Å²) in [4.78, 5) is 42.0. The number of esters is 2. The Morgan fingerprint density at radius 1 is 0.905 bits per heavy atom. The average Bonchev–Trinajstić information content (AvgIpc) is 3.48. The van der Waals surface area contributed by atoms with E-state index in [1.165, 1.54) is 10.8 Å². The molecule has 2 heterocycles. The summed E-state index contributed by atoms with van der Waals surface area (Å²) < 4.78 is 40.2. The van der Waals surface area contributed by atoms with Gasteiger partial charge in [0.25, 0.3) is 0 Å². The molecule has 0 saturated heterocycles. The molecule has 2 aromatic heterocycles. The van der Waals surface area contributed by atoms with Gasteiger partial charge in [0.2, 0.25) is 0 Å². The molecule has 2 aromatic rings. The predicted molar refractivity (Wildman–Crippen MR) is 171 cm³/mol. The first-order chi connectivity index (χ1) is 19.6. The van der Waals surface area contributed by atoms with E-state index in [0.29, 0.717) is 36.7 Å². The number of aldehydes is 1. The van der Waals surface area contributed by atoms with E-state index in [1.54, 1.807) is 24.6 Å². The van der Waals surface area contributed by atoms with E-state index in [0.717, 1.165) is 18.7 Å². The molecule has 0 atom stereocenters. The van der Waals surface area contributed by atoms with Crippen LogP contribution in [0.25, 0.3) is 0 Å². The number of rotatable bonds is 15. The number of alkyl halides is 1. The van der Waals surface area contributed by atoms with Crippen LogP contribution >= 0.6 is 15.9 Å². The number of aromatic nitrogens is 4. The highest BCUT2D eigenvalue weighted by molar-refractivity contribution is 9.10. The van der Waals surface area contributed by atoms with Crippen LogP contribution in [0.5, 0.6) is 0 Å². The maximum absolute atomic E-state index is 11.5. The van der Waals surface area contributed by atoms with E-state index in [1.807, 2.05) is 0 Å². The van der Waals surface area contributed by atoms with Crippen LogP contribution in [-0.4, -0.2) is 87.1 Å². The van der Waals surface area contributed by atoms with Crippen molar-refractivity contribution in [3.8, 4) is 0 Å². The van der Waals surface area contributed by atoms with Gasteiger partial charge in [-0.1, -0.05) is 46.7 Å². The highest BCUT2D eigenvalue weighted by Crippen LogP contribution is 2.13. The predicted octanol–water partition coefficient (Wildman–Crippen LogP) is 6.54. The second kappa shape index (κ2) is 21.5. The van der Waals surface area contributed by atoms with Gasteiger partial charge in [-0.25, -0.2) is 19.6 Å². The van der Waals surface area contributed by atoms with Gasteiger partial charge in [0.15, 0.2) is 28.2 Å². The first-order valence-electron chi connectivity index (χ1n) is 13.9. The first kappa shape index (κ1) is 39.8. The van der Waals surface area contributed by atoms with Crippen molar-refractivity contribution in [1.82, 2.24) is 19.1 Å². The monoisotopic (exact) mass is 697 g/mol. The molecule has 0 aliphatic carbocycles. The molecule has 11 nitrogen and oxygen atoms in total. The SMILES string of the molecule is C.CCOC(=O)c1cn(COCC[Si](C)(C)C)c(Br)n1.CCOC(=O)c1cn(COCC[Si](C)(C)C)c(C=O)n1.[2H]CF. The van der Waals surface area contributed by atoms with Gasteiger partial charge < -0.3 is 28.1 Å². The zero-order valence-electron chi connectivity index (χ0n) is 26.5. The fourth-order valence-electron chi connectivity index (χ4n) is 2.80. The lowest BCUT2D eigenvalue weighted by Gasteiger charge is -2.15. The molecule has 0 fully saturated rings. The van der Waals surface area contributed by atoms with E-state index in [9.17, 15) is 18.8 Å². The topological polar surface area (TPSA) is 124 Å². The molecule has 2 rings (SSSR count). The summed E-state index contributed by atoms with van der Waals surface area (Å²) in [6, 6.07) is 2.16. The molecule has 0 spiro atoms. The van der Waals surface area contributed by atoms with Crippen molar-refractivity contribution >= 4 is 50.3 Å². The second-order valence-electron chi connectivity index (χ2n) is 11.1. The molecule has 42 heavy (non-hydrogen) atoms. The van der Waals surface area contributed by atoms with Crippen LogP contribution in [-0.2, 0) is 32.4 Å². The second-order valence-corrected chi connectivity index (χ2v) is 23.0. The molecule has 0 radical (unpaired) electrons. The molecule has 0 saturated carbocycles. The lowest BCUT2D eigenvalue weighted by molar-refractivity contribution is 0.0509. The Morgan fingerprint density at radius 2 is 1.31 bits per heavy atom. The molecule has 0 aromatic carbocycles. The van der Waals surface area contributed by atoms with Gasteiger partial charge in [-0.3, -0.25) is 9.18 Å². The van der Waals surface area contributed by atoms with Gasteiger partial charge in [-0.2, -0.15) is 0 Å². The molecule has 0 unspecified atom stereocenters. The summed E-state index contributed by atoms with van der Waals surface area (Å²) in [5, 5.41) is 0. The van der Waals surface area contributed by atoms with Crippen molar-refractivity contribution in [2.45, 2.75) is 86.1 Å². The smallest absolute Gasteiger partial charge is 0.358 e. The minimum absolute atomic E-state index is 0. The third-order valence-corrected chi connectivity index (χ3v) is 9.10. The molecule has 0 amide bonds. The Labute approximate surface area is 262 Å². The van der Waals surface area contributed by atoms with Gasteiger partial charge in [-0.15, -0.1) is 0 Å². The largest absolute Gasteiger partial charge is 0.461 e. The number of halogens is 2. The van der Waals surface area contributed by atoms with E-state index in [4.69, 9.17) is 20.3 Å². The molecule has 15 heteroatoms. The normalized spacial score (nSPS) is 11.1. The van der Waals surface area contributed by atoms with Gasteiger partial charge in [0.1, 0.15) is 13.5 Å². The molecule has 0 N–H and O–H groups in total. The molecular weight excluding hydrogens is 647 g/mol. The summed E-state index contributed by atoms with van der Waals surface area (Å²) in [6.07, 6.45) is 3.72. The molecule has 0 bridgehead atoms. The highest BCUT2D eigenvalue weighted by Gasteiger charge is 2.17. The fourth-order valence-corrected chi connectivity index (χ4v) is 4.71. The van der Waals surface area contributed by atoms with Crippen LogP contribution in [0.1, 0.15) is 54.2 Å². The summed E-state index contributed by atoms with van der Waals surface area (Å²) in [6.45, 7) is 19.8. The summed E-state index contributed by atoms with van der Waals surface area (Å²) in [5.74, 6) is -0.776. The van der Waals surface area contributed by atoms with Gasteiger partial charge in [-0.05, 0) is 41.9 Å². The number of nitrogens with zero attached hydrogens (tertiary/aromatic N) is 4. The lowest BCUT2D eigenvalue weighted by atomic mass is 10.5. The minimum Gasteiger partial charge on any atom is -0.461 e. The molecule has 0 aliphatic rings. The van der Waals surface area contributed by atoms with Gasteiger partial charge in [0, 0.05) is 41.8 Å². The van der Waals surface area contributed by atoms with E-state index < -0.39 is 35.2 Å². The third-order valence-electron chi connectivity index (χ3n) is 5.06. The van der Waals surface area contributed by atoms with Crippen molar-refractivity contribution in [2.75, 3.05) is 33.6 Å². The van der Waals surface area contributed by atoms with Crippen molar-refractivity contribution in [3.63, 3.8) is 0 Å². The highest BCUT2D eigenvalue weighted by atomic mass is 79.9. The Hall–Kier alpha value is -2.21. The van der Waals surface area contributed by atoms with Crippen LogP contribution in [0, 0.1) is 0 Å². The van der Waals surface area contributed by atoms with Crippen molar-refractivity contribution in [1.29, 1.82) is 0 Å². The molecule has 0 aliphatic heterocycles. The van der Waals surface area contributed by atoms with Crippen LogP contribution in [0.4, 0.5) is 4.39 Å². The summed E-state index contributed by atoms with van der Waals surface area (Å²) in [7, 11) is -3.20. The standard InChI is InChI=1S/C13H22N2O4Si.C12H21BrN2O3Si.CH3F.CH4/c1-5-19-13(17)11-8-15(12(9-16)14-11)10-18-6-7-20(2,3)4;1-5-18-11(16)10-8-15(12(13)14-10)9-17-6-7-19(2,3)4;1-2;/h8-9H,5-7,10H2,1-4H3;8H,5-7,9H2,1-4H3;1H3;1H4/i;;1D;. The van der Waals surface area contributed by atoms with E-state index >= 15 is 0 Å². The Morgan fingerprint density at radius 3 is 1.71 bits per heavy atom. The zero-order chi connectivity index (χ0) is 32.3. The number of carbonyl (C=O) groups excluding carboxylic acids is 3. The zero-order valence-corrected chi connectivity index (χ0v) is 29.1. The lowest BCUT2D eigenvalue weighted by Crippen LogP contribution is -2.22. The number of ether oxygens (including phenoxy) is 4. The summed E-state index contributed by atoms with van der Waals surface area (Å²) >= 11 is 3.30. The van der Waals surface area contributed by atoms with Crippen molar-refractivity contribution in [2.24, 2.45) is 0 Å². The van der Waals surface area contributed by atoms with Crippen LogP contribution in [0.2, 0.25) is 51.4 Å². The number of hydrogen-bond acceptors (Lipinski definition) is 9. The van der Waals surface area contributed by atoms with Gasteiger partial charge in [0.05, 0.1) is 21.7 Å². The Balaban J connectivity index is 0. The van der Waals surface area contributed by atoms with Crippen molar-refractivity contribution in [3.05, 3.63) is 34.3 Å². The Bertz CT molecular complexity index is 1090. The van der Waals surface area contributed by atoms with Crippen LogP contribution < -0.4 is 0 Å². The summed E-state index contributed by atoms with van der Waals surface area (Å²) in [5.41, 5.74) is 0.422. The van der Waals surface area contributed by atoms with Crippen molar-refractivity contribution < 1.29 is 39.1 Å². The fraction of sp³-hybridized carbons (Fsp3) is 0.667. The van der Waals surface area contributed by atoms with E-state index in [-0.39, 0.29) is 32.3 Å². The van der Waals surface area contributed by atoms with Crippen LogP contribution in [0.15, 0.2) is 17.1 Å². The molecular formula is C27H50BrFN4O7Si2. The maximum atomic E-state index is 11.5. The average molecular weight is 699 g/mol. The van der Waals surface area contributed by atoms with E-state index in [2.05, 4.69) is 65.2 Å². The molecule has 242 valence electrons. The third kappa shape index (κ3) is 17.7. The quantitative estimate of drug-likeness (QED) is 0.0883. The number of hydrogen-bond donors (Lipinski definition) is 0. The number of carbonyl (C=O) groups is 3. The first-order valence-corrected chi connectivity index (χ1v) is 21.4. The Kier molecular flexibility index (Phi) is 20.3. The maximum Gasteiger partial charge on any atom is 0.358 e. The number of imidazole rings is 2. The van der Waals surface area contributed by atoms with Crippen LogP contribution in [0.3, 0.4) is 0 Å². The van der Waals surface area contributed by atoms with Gasteiger partial charge >= 0.3 is 11.9 Å². The minimum atomic E-state index is -1.13.